The minimum Gasteiger partial charge on any atom is -0.335 e. The molecule has 0 atom stereocenters. The van der Waals surface area contributed by atoms with Crippen LogP contribution in [0.1, 0.15) is 0 Å². The van der Waals surface area contributed by atoms with E-state index in [1.807, 2.05) is 0 Å². The maximum absolute atomic E-state index is 11.8. The molecule has 92 valence electrons. The van der Waals surface area contributed by atoms with E-state index in [-0.39, 0.29) is 24.2 Å². The van der Waals surface area contributed by atoms with E-state index in [4.69, 9.17) is 11.6 Å². The summed E-state index contributed by atoms with van der Waals surface area (Å²) in [6, 6.07) is 3.45. The minimum atomic E-state index is -0.275. The zero-order valence-electron chi connectivity index (χ0n) is 9.76. The number of rotatable bonds is 4. The summed E-state index contributed by atoms with van der Waals surface area (Å²) < 4.78 is 0. The number of nitrogens with zero attached hydrogens (tertiary/aromatic N) is 3. The number of likely N-dealkylation sites (N-methyl/N-ethyl adjacent to an activating group) is 2. The lowest BCUT2D eigenvalue weighted by atomic mass is 10.3. The lowest BCUT2D eigenvalue weighted by molar-refractivity contribution is -0.131. The minimum absolute atomic E-state index is 0.00434. The van der Waals surface area contributed by atoms with Crippen molar-refractivity contribution in [2.24, 2.45) is 0 Å². The van der Waals surface area contributed by atoms with E-state index in [1.165, 1.54) is 9.80 Å². The fourth-order valence-electron chi connectivity index (χ4n) is 1.21. The molecule has 1 rings (SSSR count). The third kappa shape index (κ3) is 3.71. The first-order chi connectivity index (χ1) is 8.06. The first-order valence-electron chi connectivity index (χ1n) is 5.02. The summed E-state index contributed by atoms with van der Waals surface area (Å²) in [7, 11) is 3.19. The summed E-state index contributed by atoms with van der Waals surface area (Å²) in [5.41, 5.74) is 0.733. The molecule has 0 aliphatic carbocycles. The average Bonchev–Trinajstić information content (AvgIpc) is 2.37. The van der Waals surface area contributed by atoms with Gasteiger partial charge >= 0.3 is 0 Å². The molecule has 0 aromatic carbocycles. The molecule has 0 N–H and O–H groups in total. The van der Waals surface area contributed by atoms with Crippen LogP contribution in [0, 0.1) is 0 Å². The Morgan fingerprint density at radius 3 is 2.35 bits per heavy atom. The Morgan fingerprint density at radius 1 is 1.24 bits per heavy atom. The molecular formula is C11H14ClN3O2. The number of hydrogen-bond acceptors (Lipinski definition) is 3. The predicted molar refractivity (Wildman–Crippen MR) is 66.0 cm³/mol. The Balaban J connectivity index is 2.62. The Hall–Kier alpha value is -1.62. The van der Waals surface area contributed by atoms with E-state index in [9.17, 15) is 9.59 Å². The molecule has 0 aliphatic rings. The second-order valence-electron chi connectivity index (χ2n) is 3.54. The molecule has 0 saturated heterocycles. The number of aromatic nitrogens is 1. The first-order valence-corrected chi connectivity index (χ1v) is 5.56. The normalized spacial score (nSPS) is 9.82. The van der Waals surface area contributed by atoms with Crippen LogP contribution in [-0.2, 0) is 9.59 Å². The summed E-state index contributed by atoms with van der Waals surface area (Å²) in [5.74, 6) is -0.580. The molecule has 5 nitrogen and oxygen atoms in total. The number of carbonyl (C=O) groups excluding carboxylic acids is 2. The highest BCUT2D eigenvalue weighted by Crippen LogP contribution is 2.10. The van der Waals surface area contributed by atoms with Gasteiger partial charge in [0, 0.05) is 32.2 Å². The number of carbonyl (C=O) groups is 2. The van der Waals surface area contributed by atoms with Gasteiger partial charge in [0.1, 0.15) is 5.88 Å². The second-order valence-corrected chi connectivity index (χ2v) is 3.81. The lowest BCUT2D eigenvalue weighted by Gasteiger charge is -2.21. The Labute approximate surface area is 105 Å². The number of alkyl halides is 1. The molecule has 1 aromatic rings. The lowest BCUT2D eigenvalue weighted by Crippen LogP contribution is -2.39. The molecule has 17 heavy (non-hydrogen) atoms. The molecule has 1 aromatic heterocycles. The summed E-state index contributed by atoms with van der Waals surface area (Å²) in [5, 5.41) is 0. The fourth-order valence-corrected chi connectivity index (χ4v) is 1.41. The van der Waals surface area contributed by atoms with Crippen LogP contribution in [0.5, 0.6) is 0 Å². The zero-order valence-corrected chi connectivity index (χ0v) is 10.5. The first kappa shape index (κ1) is 13.4. The van der Waals surface area contributed by atoms with Gasteiger partial charge in [0.25, 0.3) is 0 Å². The van der Waals surface area contributed by atoms with Gasteiger partial charge in [-0.1, -0.05) is 0 Å². The maximum atomic E-state index is 11.8. The van der Waals surface area contributed by atoms with Crippen molar-refractivity contribution >= 4 is 29.1 Å². The Bertz CT molecular complexity index is 397. The third-order valence-electron chi connectivity index (χ3n) is 2.34. The Kier molecular flexibility index (Phi) is 4.90. The fraction of sp³-hybridized carbons (Fsp3) is 0.364. The molecule has 0 fully saturated rings. The SMILES string of the molecule is CN(CC(=O)N(C)c1ccncc1)C(=O)CCl. The van der Waals surface area contributed by atoms with Crippen molar-refractivity contribution < 1.29 is 9.59 Å². The van der Waals surface area contributed by atoms with E-state index < -0.39 is 0 Å². The molecule has 0 spiro atoms. The van der Waals surface area contributed by atoms with Crippen molar-refractivity contribution in [1.29, 1.82) is 0 Å². The number of hydrogen-bond donors (Lipinski definition) is 0. The number of halogens is 1. The topological polar surface area (TPSA) is 53.5 Å². The van der Waals surface area contributed by atoms with E-state index in [0.29, 0.717) is 0 Å². The van der Waals surface area contributed by atoms with Gasteiger partial charge in [-0.2, -0.15) is 0 Å². The summed E-state index contributed by atoms with van der Waals surface area (Å²) in [6.45, 7) is 0.00434. The van der Waals surface area contributed by atoms with Gasteiger partial charge < -0.3 is 9.80 Å². The van der Waals surface area contributed by atoms with E-state index in [1.54, 1.807) is 38.6 Å². The summed E-state index contributed by atoms with van der Waals surface area (Å²) in [4.78, 5) is 29.7. The maximum Gasteiger partial charge on any atom is 0.246 e. The van der Waals surface area contributed by atoms with Gasteiger partial charge in [0.2, 0.25) is 11.8 Å². The predicted octanol–water partition coefficient (Wildman–Crippen LogP) is 0.742. The van der Waals surface area contributed by atoms with Crippen LogP contribution >= 0.6 is 11.6 Å². The van der Waals surface area contributed by atoms with Gasteiger partial charge in [-0.05, 0) is 12.1 Å². The monoisotopic (exact) mass is 255 g/mol. The molecule has 0 saturated carbocycles. The van der Waals surface area contributed by atoms with E-state index in [2.05, 4.69) is 4.98 Å². The standard InChI is InChI=1S/C11H14ClN3O2/c1-14(10(16)7-12)8-11(17)15(2)9-3-5-13-6-4-9/h3-6H,7-8H2,1-2H3. The highest BCUT2D eigenvalue weighted by molar-refractivity contribution is 6.27. The van der Waals surface area contributed by atoms with Gasteiger partial charge in [-0.15, -0.1) is 11.6 Å². The van der Waals surface area contributed by atoms with Gasteiger partial charge in [-0.3, -0.25) is 14.6 Å². The molecule has 0 bridgehead atoms. The molecule has 2 amide bonds. The number of amides is 2. The van der Waals surface area contributed by atoms with Crippen LogP contribution in [0.25, 0.3) is 0 Å². The Morgan fingerprint density at radius 2 is 1.82 bits per heavy atom. The summed E-state index contributed by atoms with van der Waals surface area (Å²) in [6.07, 6.45) is 3.21. The van der Waals surface area contributed by atoms with Gasteiger partial charge in [0.15, 0.2) is 0 Å². The van der Waals surface area contributed by atoms with E-state index in [0.717, 1.165) is 5.69 Å². The van der Waals surface area contributed by atoms with Crippen LogP contribution in [0.15, 0.2) is 24.5 Å². The number of pyridine rings is 1. The zero-order chi connectivity index (χ0) is 12.8. The van der Waals surface area contributed by atoms with Crippen molar-refractivity contribution in [2.75, 3.05) is 31.4 Å². The molecule has 0 aliphatic heterocycles. The van der Waals surface area contributed by atoms with Crippen LogP contribution in [0.3, 0.4) is 0 Å². The van der Waals surface area contributed by atoms with Gasteiger partial charge in [-0.25, -0.2) is 0 Å². The molecule has 0 radical (unpaired) electrons. The second kappa shape index (κ2) is 6.20. The largest absolute Gasteiger partial charge is 0.335 e. The molecule has 1 heterocycles. The van der Waals surface area contributed by atoms with Crippen molar-refractivity contribution in [1.82, 2.24) is 9.88 Å². The quantitative estimate of drug-likeness (QED) is 0.746. The number of anilines is 1. The molecule has 0 unspecified atom stereocenters. The highest BCUT2D eigenvalue weighted by Gasteiger charge is 2.16. The summed E-state index contributed by atoms with van der Waals surface area (Å²) >= 11 is 5.40. The van der Waals surface area contributed by atoms with Gasteiger partial charge in [0.05, 0.1) is 6.54 Å². The van der Waals surface area contributed by atoms with Crippen molar-refractivity contribution in [3.63, 3.8) is 0 Å². The van der Waals surface area contributed by atoms with Crippen molar-refractivity contribution in [3.8, 4) is 0 Å². The molecule has 6 heteroatoms. The highest BCUT2D eigenvalue weighted by atomic mass is 35.5. The van der Waals surface area contributed by atoms with Crippen molar-refractivity contribution in [3.05, 3.63) is 24.5 Å². The third-order valence-corrected chi connectivity index (χ3v) is 2.57. The van der Waals surface area contributed by atoms with Crippen LogP contribution in [-0.4, -0.2) is 48.2 Å². The molecular weight excluding hydrogens is 242 g/mol. The van der Waals surface area contributed by atoms with Crippen LogP contribution < -0.4 is 4.90 Å². The smallest absolute Gasteiger partial charge is 0.246 e. The van der Waals surface area contributed by atoms with E-state index >= 15 is 0 Å². The van der Waals surface area contributed by atoms with Crippen LogP contribution in [0.4, 0.5) is 5.69 Å². The van der Waals surface area contributed by atoms with Crippen LogP contribution in [0.2, 0.25) is 0 Å². The average molecular weight is 256 g/mol. The van der Waals surface area contributed by atoms with Crippen molar-refractivity contribution in [2.45, 2.75) is 0 Å².